The predicted octanol–water partition coefficient (Wildman–Crippen LogP) is 5.69. The summed E-state index contributed by atoms with van der Waals surface area (Å²) in [5.74, 6) is -1.75. The van der Waals surface area contributed by atoms with Gasteiger partial charge in [-0.3, -0.25) is 0 Å². The first kappa shape index (κ1) is 22.6. The van der Waals surface area contributed by atoms with Gasteiger partial charge in [-0.1, -0.05) is 60.7 Å². The van der Waals surface area contributed by atoms with E-state index in [0.29, 0.717) is 11.1 Å². The predicted molar refractivity (Wildman–Crippen MR) is 111 cm³/mol. The zero-order valence-electron chi connectivity index (χ0n) is 16.3. The van der Waals surface area contributed by atoms with E-state index in [9.17, 15) is 9.59 Å². The Morgan fingerprint density at radius 3 is 1.21 bits per heavy atom. The molecule has 0 amide bonds. The summed E-state index contributed by atoms with van der Waals surface area (Å²) in [5, 5.41) is 21.6. The molecule has 0 bridgehead atoms. The van der Waals surface area contributed by atoms with Crippen molar-refractivity contribution in [1.29, 1.82) is 0 Å². The maximum Gasteiger partial charge on any atom is 0.336 e. The fourth-order valence-corrected chi connectivity index (χ4v) is 3.31. The molecular formula is C24H20CdO4. The van der Waals surface area contributed by atoms with Crippen LogP contribution in [-0.2, 0) is 27.3 Å². The SMILES string of the molecule is Cc1cccc2c(C(=O)O)cccc12.Cc1cccc2c(C(=O)O)cccc12.[Cd]. The molecule has 142 valence electrons. The van der Waals surface area contributed by atoms with Gasteiger partial charge in [-0.25, -0.2) is 9.59 Å². The van der Waals surface area contributed by atoms with Crippen molar-refractivity contribution < 1.29 is 47.1 Å². The second-order valence-corrected chi connectivity index (χ2v) is 6.56. The van der Waals surface area contributed by atoms with Crippen LogP contribution in [0.4, 0.5) is 0 Å². The molecule has 0 saturated carbocycles. The molecule has 0 atom stereocenters. The Balaban J connectivity index is 0.000000200. The van der Waals surface area contributed by atoms with Crippen molar-refractivity contribution in [3.63, 3.8) is 0 Å². The smallest absolute Gasteiger partial charge is 0.336 e. The molecular weight excluding hydrogens is 465 g/mol. The van der Waals surface area contributed by atoms with Crippen LogP contribution in [0.5, 0.6) is 0 Å². The normalized spacial score (nSPS) is 10.0. The third-order valence-corrected chi connectivity index (χ3v) is 4.74. The number of rotatable bonds is 2. The van der Waals surface area contributed by atoms with Gasteiger partial charge in [0.1, 0.15) is 0 Å². The Kier molecular flexibility index (Phi) is 7.50. The maximum absolute atomic E-state index is 10.9. The number of carbonyl (C=O) groups is 2. The summed E-state index contributed by atoms with van der Waals surface area (Å²) in [7, 11) is 0. The van der Waals surface area contributed by atoms with Crippen molar-refractivity contribution in [2.24, 2.45) is 0 Å². The second-order valence-electron chi connectivity index (χ2n) is 6.56. The van der Waals surface area contributed by atoms with E-state index in [0.717, 1.165) is 32.7 Å². The fourth-order valence-electron chi connectivity index (χ4n) is 3.31. The molecule has 4 aromatic rings. The van der Waals surface area contributed by atoms with E-state index in [1.165, 1.54) is 0 Å². The Bertz CT molecular complexity index is 1100. The summed E-state index contributed by atoms with van der Waals surface area (Å²) in [6.07, 6.45) is 0. The van der Waals surface area contributed by atoms with Gasteiger partial charge in [0.15, 0.2) is 0 Å². The largest absolute Gasteiger partial charge is 0.478 e. The molecule has 0 heterocycles. The third-order valence-electron chi connectivity index (χ3n) is 4.74. The maximum atomic E-state index is 10.9. The number of hydrogen-bond acceptors (Lipinski definition) is 2. The molecule has 0 aliphatic heterocycles. The van der Waals surface area contributed by atoms with Crippen LogP contribution in [0.25, 0.3) is 21.5 Å². The molecule has 0 fully saturated rings. The van der Waals surface area contributed by atoms with Gasteiger partial charge >= 0.3 is 11.9 Å². The molecule has 0 radical (unpaired) electrons. The topological polar surface area (TPSA) is 74.6 Å². The monoisotopic (exact) mass is 486 g/mol. The molecule has 0 aliphatic rings. The van der Waals surface area contributed by atoms with E-state index >= 15 is 0 Å². The van der Waals surface area contributed by atoms with Crippen LogP contribution in [0.3, 0.4) is 0 Å². The molecule has 29 heavy (non-hydrogen) atoms. The van der Waals surface area contributed by atoms with E-state index in [-0.39, 0.29) is 27.3 Å². The van der Waals surface area contributed by atoms with E-state index in [1.54, 1.807) is 24.3 Å². The van der Waals surface area contributed by atoms with Crippen LogP contribution in [0.15, 0.2) is 72.8 Å². The van der Waals surface area contributed by atoms with Crippen LogP contribution >= 0.6 is 0 Å². The first-order chi connectivity index (χ1) is 13.4. The number of aryl methyl sites for hydroxylation is 2. The number of benzene rings is 4. The minimum absolute atomic E-state index is 0. The summed E-state index contributed by atoms with van der Waals surface area (Å²) < 4.78 is 0. The van der Waals surface area contributed by atoms with Crippen LogP contribution in [0, 0.1) is 13.8 Å². The van der Waals surface area contributed by atoms with Gasteiger partial charge < -0.3 is 10.2 Å². The number of carboxylic acids is 2. The first-order valence-electron chi connectivity index (χ1n) is 8.83. The van der Waals surface area contributed by atoms with E-state index in [4.69, 9.17) is 10.2 Å². The molecule has 5 heteroatoms. The van der Waals surface area contributed by atoms with Gasteiger partial charge in [0, 0.05) is 27.3 Å². The number of fused-ring (bicyclic) bond motifs is 2. The van der Waals surface area contributed by atoms with Crippen molar-refractivity contribution in [2.75, 3.05) is 0 Å². The van der Waals surface area contributed by atoms with E-state index < -0.39 is 11.9 Å². The molecule has 0 aromatic heterocycles. The molecule has 4 aromatic carbocycles. The average molecular weight is 485 g/mol. The van der Waals surface area contributed by atoms with Gasteiger partial charge in [-0.2, -0.15) is 0 Å². The van der Waals surface area contributed by atoms with Gasteiger partial charge in [0.05, 0.1) is 11.1 Å². The van der Waals surface area contributed by atoms with E-state index in [1.807, 2.05) is 62.4 Å². The first-order valence-corrected chi connectivity index (χ1v) is 8.83. The van der Waals surface area contributed by atoms with E-state index in [2.05, 4.69) is 0 Å². The van der Waals surface area contributed by atoms with Gasteiger partial charge in [-0.15, -0.1) is 0 Å². The van der Waals surface area contributed by atoms with Gasteiger partial charge in [-0.05, 0) is 58.7 Å². The fraction of sp³-hybridized carbons (Fsp3) is 0.0833. The summed E-state index contributed by atoms with van der Waals surface area (Å²) in [6, 6.07) is 22.1. The van der Waals surface area contributed by atoms with Crippen LogP contribution in [0.2, 0.25) is 0 Å². The Hall–Kier alpha value is -2.74. The van der Waals surface area contributed by atoms with Crippen molar-refractivity contribution in [2.45, 2.75) is 13.8 Å². The van der Waals surface area contributed by atoms with Crippen LogP contribution < -0.4 is 0 Å². The van der Waals surface area contributed by atoms with Crippen LogP contribution in [0.1, 0.15) is 31.8 Å². The minimum Gasteiger partial charge on any atom is -0.478 e. The summed E-state index contributed by atoms with van der Waals surface area (Å²) in [5.41, 5.74) is 2.94. The quantitative estimate of drug-likeness (QED) is 0.358. The summed E-state index contributed by atoms with van der Waals surface area (Å²) >= 11 is 0. The minimum atomic E-state index is -0.874. The van der Waals surface area contributed by atoms with Gasteiger partial charge in [0.2, 0.25) is 0 Å². The summed E-state index contributed by atoms with van der Waals surface area (Å²) in [4.78, 5) is 21.9. The number of hydrogen-bond donors (Lipinski definition) is 2. The van der Waals surface area contributed by atoms with Gasteiger partial charge in [0.25, 0.3) is 0 Å². The number of aromatic carboxylic acids is 2. The standard InChI is InChI=1S/2C12H10O2.Cd/c2*1-8-4-2-6-10-9(8)5-3-7-11(10)12(13)14;/h2*2-7H,1H3,(H,13,14);. The van der Waals surface area contributed by atoms with Crippen molar-refractivity contribution in [1.82, 2.24) is 0 Å². The second kappa shape index (κ2) is 9.65. The Morgan fingerprint density at radius 2 is 0.862 bits per heavy atom. The molecule has 0 aliphatic carbocycles. The Labute approximate surface area is 189 Å². The van der Waals surface area contributed by atoms with Crippen LogP contribution in [-0.4, -0.2) is 22.2 Å². The molecule has 2 N–H and O–H groups in total. The van der Waals surface area contributed by atoms with Crippen molar-refractivity contribution in [3.8, 4) is 0 Å². The molecule has 4 rings (SSSR count). The number of carboxylic acid groups (broad SMARTS) is 2. The van der Waals surface area contributed by atoms with Crippen molar-refractivity contribution in [3.05, 3.63) is 95.1 Å². The zero-order chi connectivity index (χ0) is 20.3. The summed E-state index contributed by atoms with van der Waals surface area (Å²) in [6.45, 7) is 3.96. The third kappa shape index (κ3) is 4.82. The van der Waals surface area contributed by atoms with Crippen molar-refractivity contribution >= 4 is 33.5 Å². The molecule has 0 spiro atoms. The molecule has 4 nitrogen and oxygen atoms in total. The Morgan fingerprint density at radius 1 is 0.552 bits per heavy atom. The zero-order valence-corrected chi connectivity index (χ0v) is 20.4. The molecule has 0 saturated heterocycles. The molecule has 0 unspecified atom stereocenters. The average Bonchev–Trinajstić information content (AvgIpc) is 2.68.